The van der Waals surface area contributed by atoms with E-state index in [1.54, 1.807) is 4.90 Å². The quantitative estimate of drug-likeness (QED) is 0.861. The van der Waals surface area contributed by atoms with E-state index in [4.69, 9.17) is 9.47 Å². The molecule has 0 aromatic heterocycles. The monoisotopic (exact) mass is 347 g/mol. The summed E-state index contributed by atoms with van der Waals surface area (Å²) in [7, 11) is 1.37. The number of ether oxygens (including phenoxy) is 2. The number of carbonyl (C=O) groups excluding carboxylic acids is 2. The number of fused-ring (bicyclic) bond motifs is 1. The first-order valence-corrected chi connectivity index (χ1v) is 8.79. The van der Waals surface area contributed by atoms with Crippen LogP contribution in [0.3, 0.4) is 0 Å². The maximum Gasteiger partial charge on any atom is 0.409 e. The SMILES string of the molecule is COC(=O)N1CCC[C@H](NC(=O)N[C@H]2CCCOc3ccccc32)C1. The zero-order valence-corrected chi connectivity index (χ0v) is 14.5. The highest BCUT2D eigenvalue weighted by Gasteiger charge is 2.27. The molecule has 2 aliphatic heterocycles. The lowest BCUT2D eigenvalue weighted by Crippen LogP contribution is -2.52. The molecule has 2 N–H and O–H groups in total. The molecule has 0 saturated carbocycles. The fourth-order valence-corrected chi connectivity index (χ4v) is 3.45. The number of likely N-dealkylation sites (tertiary alicyclic amines) is 1. The van der Waals surface area contributed by atoms with Crippen molar-refractivity contribution in [2.75, 3.05) is 26.8 Å². The molecule has 1 saturated heterocycles. The second-order valence-corrected chi connectivity index (χ2v) is 6.45. The number of amides is 3. The van der Waals surface area contributed by atoms with Crippen LogP contribution in [0, 0.1) is 0 Å². The van der Waals surface area contributed by atoms with Gasteiger partial charge in [0.05, 0.1) is 19.8 Å². The first-order valence-electron chi connectivity index (χ1n) is 8.79. The van der Waals surface area contributed by atoms with E-state index in [0.29, 0.717) is 19.7 Å². The fourth-order valence-electron chi connectivity index (χ4n) is 3.45. The number of para-hydroxylation sites is 1. The Morgan fingerprint density at radius 2 is 2.04 bits per heavy atom. The fraction of sp³-hybridized carbons (Fsp3) is 0.556. The van der Waals surface area contributed by atoms with Gasteiger partial charge in [0.1, 0.15) is 5.75 Å². The summed E-state index contributed by atoms with van der Waals surface area (Å²) in [4.78, 5) is 25.7. The Hall–Kier alpha value is -2.44. The van der Waals surface area contributed by atoms with Crippen LogP contribution in [0.5, 0.6) is 5.75 Å². The van der Waals surface area contributed by atoms with Gasteiger partial charge in [-0.2, -0.15) is 0 Å². The summed E-state index contributed by atoms with van der Waals surface area (Å²) in [6.45, 7) is 1.80. The van der Waals surface area contributed by atoms with Gasteiger partial charge >= 0.3 is 12.1 Å². The lowest BCUT2D eigenvalue weighted by atomic mass is 10.0. The summed E-state index contributed by atoms with van der Waals surface area (Å²) >= 11 is 0. The van der Waals surface area contributed by atoms with Gasteiger partial charge in [0.25, 0.3) is 0 Å². The summed E-state index contributed by atoms with van der Waals surface area (Å²) in [5, 5.41) is 6.04. The zero-order valence-electron chi connectivity index (χ0n) is 14.5. The Labute approximate surface area is 147 Å². The lowest BCUT2D eigenvalue weighted by Gasteiger charge is -2.32. The van der Waals surface area contributed by atoms with E-state index in [0.717, 1.165) is 37.0 Å². The van der Waals surface area contributed by atoms with E-state index in [-0.39, 0.29) is 24.2 Å². The number of urea groups is 1. The van der Waals surface area contributed by atoms with Crippen LogP contribution in [0.25, 0.3) is 0 Å². The molecule has 0 radical (unpaired) electrons. The number of methoxy groups -OCH3 is 1. The number of rotatable bonds is 2. The van der Waals surface area contributed by atoms with E-state index >= 15 is 0 Å². The van der Waals surface area contributed by atoms with Crippen LogP contribution in [0.15, 0.2) is 24.3 Å². The molecule has 1 aromatic carbocycles. The van der Waals surface area contributed by atoms with E-state index in [1.165, 1.54) is 7.11 Å². The molecule has 2 atom stereocenters. The Bertz CT molecular complexity index is 622. The molecule has 3 amide bonds. The van der Waals surface area contributed by atoms with E-state index < -0.39 is 0 Å². The maximum atomic E-state index is 12.4. The van der Waals surface area contributed by atoms with Gasteiger partial charge in [-0.3, -0.25) is 0 Å². The maximum absolute atomic E-state index is 12.4. The molecule has 0 unspecified atom stereocenters. The third-order valence-corrected chi connectivity index (χ3v) is 4.68. The van der Waals surface area contributed by atoms with Gasteiger partial charge in [-0.15, -0.1) is 0 Å². The Morgan fingerprint density at radius 3 is 2.88 bits per heavy atom. The number of nitrogens with zero attached hydrogens (tertiary/aromatic N) is 1. The van der Waals surface area contributed by atoms with Crippen molar-refractivity contribution in [2.45, 2.75) is 37.8 Å². The van der Waals surface area contributed by atoms with E-state index in [9.17, 15) is 9.59 Å². The molecule has 25 heavy (non-hydrogen) atoms. The molecule has 7 heteroatoms. The largest absolute Gasteiger partial charge is 0.493 e. The molecule has 1 aromatic rings. The number of nitrogens with one attached hydrogen (secondary N) is 2. The number of hydrogen-bond acceptors (Lipinski definition) is 4. The normalized spacial score (nSPS) is 22.8. The predicted molar refractivity (Wildman–Crippen MR) is 92.6 cm³/mol. The van der Waals surface area contributed by atoms with Crippen LogP contribution in [-0.2, 0) is 4.74 Å². The minimum atomic E-state index is -0.346. The standard InChI is InChI=1S/C18H25N3O4/c1-24-18(23)21-10-4-6-13(12-21)19-17(22)20-15-8-5-11-25-16-9-3-2-7-14(15)16/h2-3,7,9,13,15H,4-6,8,10-12H2,1H3,(H2,19,20,22)/t13-,15-/m0/s1. The smallest absolute Gasteiger partial charge is 0.409 e. The van der Waals surface area contributed by atoms with Gasteiger partial charge in [0.2, 0.25) is 0 Å². The molecule has 0 bridgehead atoms. The molecule has 7 nitrogen and oxygen atoms in total. The summed E-state index contributed by atoms with van der Waals surface area (Å²) in [6.07, 6.45) is 3.08. The Morgan fingerprint density at radius 1 is 1.20 bits per heavy atom. The van der Waals surface area contributed by atoms with Crippen molar-refractivity contribution in [2.24, 2.45) is 0 Å². The van der Waals surface area contributed by atoms with Gasteiger partial charge in [-0.25, -0.2) is 9.59 Å². The van der Waals surface area contributed by atoms with Crippen LogP contribution in [-0.4, -0.2) is 49.9 Å². The topological polar surface area (TPSA) is 79.9 Å². The van der Waals surface area contributed by atoms with Crippen LogP contribution < -0.4 is 15.4 Å². The second kappa shape index (κ2) is 8.09. The Balaban J connectivity index is 1.58. The first-order chi connectivity index (χ1) is 12.2. The summed E-state index contributed by atoms with van der Waals surface area (Å²) in [5.41, 5.74) is 1.01. The van der Waals surface area contributed by atoms with Gasteiger partial charge < -0.3 is 25.0 Å². The van der Waals surface area contributed by atoms with Crippen molar-refractivity contribution >= 4 is 12.1 Å². The minimum Gasteiger partial charge on any atom is -0.493 e. The molecule has 1 fully saturated rings. The van der Waals surface area contributed by atoms with Crippen molar-refractivity contribution in [1.82, 2.24) is 15.5 Å². The average Bonchev–Trinajstić information content (AvgIpc) is 2.83. The van der Waals surface area contributed by atoms with Gasteiger partial charge in [0, 0.05) is 24.7 Å². The lowest BCUT2D eigenvalue weighted by molar-refractivity contribution is 0.108. The highest BCUT2D eigenvalue weighted by atomic mass is 16.5. The summed E-state index contributed by atoms with van der Waals surface area (Å²) in [6, 6.07) is 7.47. The molecular formula is C18H25N3O4. The number of carbonyl (C=O) groups is 2. The molecular weight excluding hydrogens is 322 g/mol. The number of piperidine rings is 1. The van der Waals surface area contributed by atoms with E-state index in [2.05, 4.69) is 10.6 Å². The van der Waals surface area contributed by atoms with Crippen molar-refractivity contribution < 1.29 is 19.1 Å². The molecule has 0 aliphatic carbocycles. The summed E-state index contributed by atoms with van der Waals surface area (Å²) in [5.74, 6) is 0.833. The third-order valence-electron chi connectivity index (χ3n) is 4.68. The third kappa shape index (κ3) is 4.35. The highest BCUT2D eigenvalue weighted by molar-refractivity contribution is 5.75. The van der Waals surface area contributed by atoms with Crippen LogP contribution >= 0.6 is 0 Å². The molecule has 2 aliphatic rings. The molecule has 0 spiro atoms. The highest BCUT2D eigenvalue weighted by Crippen LogP contribution is 2.31. The molecule has 3 rings (SSSR count). The van der Waals surface area contributed by atoms with Crippen LogP contribution in [0.2, 0.25) is 0 Å². The van der Waals surface area contributed by atoms with Gasteiger partial charge in [-0.05, 0) is 31.7 Å². The van der Waals surface area contributed by atoms with Crippen molar-refractivity contribution in [3.05, 3.63) is 29.8 Å². The first kappa shape index (κ1) is 17.4. The predicted octanol–water partition coefficient (Wildman–Crippen LogP) is 2.43. The average molecular weight is 347 g/mol. The van der Waals surface area contributed by atoms with Crippen molar-refractivity contribution in [1.29, 1.82) is 0 Å². The number of benzene rings is 1. The van der Waals surface area contributed by atoms with Crippen LogP contribution in [0.1, 0.15) is 37.3 Å². The molecule has 2 heterocycles. The van der Waals surface area contributed by atoms with Crippen LogP contribution in [0.4, 0.5) is 9.59 Å². The summed E-state index contributed by atoms with van der Waals surface area (Å²) < 4.78 is 10.5. The van der Waals surface area contributed by atoms with Crippen molar-refractivity contribution in [3.8, 4) is 5.75 Å². The minimum absolute atomic E-state index is 0.0647. The van der Waals surface area contributed by atoms with E-state index in [1.807, 2.05) is 24.3 Å². The molecule has 136 valence electrons. The second-order valence-electron chi connectivity index (χ2n) is 6.45. The number of hydrogen-bond donors (Lipinski definition) is 2. The van der Waals surface area contributed by atoms with Gasteiger partial charge in [-0.1, -0.05) is 18.2 Å². The zero-order chi connectivity index (χ0) is 17.6. The van der Waals surface area contributed by atoms with Crippen molar-refractivity contribution in [3.63, 3.8) is 0 Å². The Kier molecular flexibility index (Phi) is 5.63. The van der Waals surface area contributed by atoms with Gasteiger partial charge in [0.15, 0.2) is 0 Å².